The lowest BCUT2D eigenvalue weighted by molar-refractivity contribution is -0.384. The van der Waals surface area contributed by atoms with Crippen LogP contribution in [0, 0.1) is 10.1 Å². The molecule has 0 aliphatic carbocycles. The maximum Gasteiger partial charge on any atom is 0.303 e. The Bertz CT molecular complexity index is 973. The molecular weight excluding hydrogens is 324 g/mol. The van der Waals surface area contributed by atoms with Crippen LogP contribution in [0.15, 0.2) is 54.7 Å². The molecule has 3 rings (SSSR count). The smallest absolute Gasteiger partial charge is 0.303 e. The van der Waals surface area contributed by atoms with E-state index in [0.717, 1.165) is 5.52 Å². The second-order valence-electron chi connectivity index (χ2n) is 5.52. The molecule has 0 unspecified atom stereocenters. The van der Waals surface area contributed by atoms with Crippen molar-refractivity contribution in [3.8, 4) is 11.1 Å². The lowest BCUT2D eigenvalue weighted by atomic mass is 10.0. The first-order chi connectivity index (χ1) is 12.0. The van der Waals surface area contributed by atoms with Crippen LogP contribution in [0.3, 0.4) is 0 Å². The van der Waals surface area contributed by atoms with Crippen molar-refractivity contribution in [1.29, 1.82) is 0 Å². The van der Waals surface area contributed by atoms with Gasteiger partial charge in [0.2, 0.25) is 0 Å². The summed E-state index contributed by atoms with van der Waals surface area (Å²) in [6.45, 7) is 0. The Labute approximate surface area is 142 Å². The third-order valence-corrected chi connectivity index (χ3v) is 3.90. The number of carboxylic acids is 1. The molecule has 0 atom stereocenters. The van der Waals surface area contributed by atoms with Crippen LogP contribution in [-0.2, 0) is 4.79 Å². The molecule has 126 valence electrons. The Hall–Kier alpha value is -3.48. The van der Waals surface area contributed by atoms with E-state index in [-0.39, 0.29) is 24.3 Å². The molecule has 25 heavy (non-hydrogen) atoms. The van der Waals surface area contributed by atoms with E-state index in [2.05, 4.69) is 0 Å². The molecule has 0 aliphatic heterocycles. The Morgan fingerprint density at radius 3 is 2.44 bits per heavy atom. The zero-order valence-corrected chi connectivity index (χ0v) is 13.1. The largest absolute Gasteiger partial charge is 0.481 e. The first-order valence-electron chi connectivity index (χ1n) is 7.57. The molecule has 0 aliphatic rings. The summed E-state index contributed by atoms with van der Waals surface area (Å²) in [5.74, 6) is -1.33. The van der Waals surface area contributed by atoms with Crippen molar-refractivity contribution in [2.45, 2.75) is 12.8 Å². The van der Waals surface area contributed by atoms with E-state index in [1.54, 1.807) is 28.8 Å². The van der Waals surface area contributed by atoms with E-state index in [9.17, 15) is 19.7 Å². The lowest BCUT2D eigenvalue weighted by Crippen LogP contribution is -2.08. The topological polar surface area (TPSA) is 102 Å². The third-order valence-electron chi connectivity index (χ3n) is 3.90. The third kappa shape index (κ3) is 3.25. The first kappa shape index (κ1) is 16.4. The summed E-state index contributed by atoms with van der Waals surface area (Å²) in [7, 11) is 0. The van der Waals surface area contributed by atoms with Crippen molar-refractivity contribution < 1.29 is 19.6 Å². The quantitative estimate of drug-likeness (QED) is 0.420. The standard InChI is InChI=1S/C18H14N2O5/c21-16(8-9-17(22)23)18-15(11-14-3-1-2-10-19(14)18)12-4-6-13(7-5-12)20(24)25/h1-7,10-11H,8-9H2,(H,22,23). The zero-order chi connectivity index (χ0) is 18.0. The van der Waals surface area contributed by atoms with E-state index in [0.29, 0.717) is 16.8 Å². The summed E-state index contributed by atoms with van der Waals surface area (Å²) < 4.78 is 1.71. The highest BCUT2D eigenvalue weighted by molar-refractivity contribution is 6.03. The van der Waals surface area contributed by atoms with Gasteiger partial charge in [0.1, 0.15) is 0 Å². The lowest BCUT2D eigenvalue weighted by Gasteiger charge is -2.06. The minimum Gasteiger partial charge on any atom is -0.481 e. The van der Waals surface area contributed by atoms with E-state index in [1.165, 1.54) is 12.1 Å². The maximum atomic E-state index is 12.6. The SMILES string of the molecule is O=C(O)CCC(=O)c1c(-c2ccc([N+](=O)[O-])cc2)cc2ccccn12. The highest BCUT2D eigenvalue weighted by atomic mass is 16.6. The minimum atomic E-state index is -1.04. The summed E-state index contributed by atoms with van der Waals surface area (Å²) in [6, 6.07) is 13.2. The van der Waals surface area contributed by atoms with Gasteiger partial charge in [-0.15, -0.1) is 0 Å². The number of carbonyl (C=O) groups is 2. The van der Waals surface area contributed by atoms with Crippen molar-refractivity contribution in [1.82, 2.24) is 4.40 Å². The van der Waals surface area contributed by atoms with Crippen molar-refractivity contribution in [3.63, 3.8) is 0 Å². The van der Waals surface area contributed by atoms with E-state index < -0.39 is 10.9 Å². The van der Waals surface area contributed by atoms with Gasteiger partial charge in [0.05, 0.1) is 17.0 Å². The normalized spacial score (nSPS) is 10.7. The number of hydrogen-bond donors (Lipinski definition) is 1. The van der Waals surface area contributed by atoms with Gasteiger partial charge in [0, 0.05) is 35.8 Å². The number of aromatic nitrogens is 1. The number of pyridine rings is 1. The number of ketones is 1. The summed E-state index contributed by atoms with van der Waals surface area (Å²) >= 11 is 0. The molecular formula is C18H14N2O5. The Morgan fingerprint density at radius 1 is 1.08 bits per heavy atom. The number of carboxylic acid groups (broad SMARTS) is 1. The highest BCUT2D eigenvalue weighted by Gasteiger charge is 2.20. The first-order valence-corrected chi connectivity index (χ1v) is 7.57. The van der Waals surface area contributed by atoms with Crippen LogP contribution < -0.4 is 0 Å². The molecule has 7 heteroatoms. The zero-order valence-electron chi connectivity index (χ0n) is 13.1. The number of Topliss-reactive ketones (excluding diaryl/α,β-unsaturated/α-hetero) is 1. The van der Waals surface area contributed by atoms with E-state index in [4.69, 9.17) is 5.11 Å². The van der Waals surface area contributed by atoms with Crippen LogP contribution in [0.5, 0.6) is 0 Å². The van der Waals surface area contributed by atoms with Gasteiger partial charge in [-0.2, -0.15) is 0 Å². The molecule has 0 amide bonds. The summed E-state index contributed by atoms with van der Waals surface area (Å²) in [5, 5.41) is 19.6. The molecule has 7 nitrogen and oxygen atoms in total. The molecule has 0 fully saturated rings. The Balaban J connectivity index is 2.10. The Morgan fingerprint density at radius 2 is 1.80 bits per heavy atom. The number of benzene rings is 1. The predicted octanol–water partition coefficient (Wildman–Crippen LogP) is 3.56. The number of carbonyl (C=O) groups excluding carboxylic acids is 1. The van der Waals surface area contributed by atoms with E-state index in [1.807, 2.05) is 18.2 Å². The monoisotopic (exact) mass is 338 g/mol. The second kappa shape index (κ2) is 6.56. The molecule has 0 radical (unpaired) electrons. The number of non-ortho nitro benzene ring substituents is 1. The molecule has 2 aromatic heterocycles. The molecule has 1 N–H and O–H groups in total. The number of nitro benzene ring substituents is 1. The average molecular weight is 338 g/mol. The number of fused-ring (bicyclic) bond motifs is 1. The highest BCUT2D eigenvalue weighted by Crippen LogP contribution is 2.30. The average Bonchev–Trinajstić information content (AvgIpc) is 2.99. The second-order valence-corrected chi connectivity index (χ2v) is 5.52. The van der Waals surface area contributed by atoms with Crippen molar-refractivity contribution in [2.75, 3.05) is 0 Å². The van der Waals surface area contributed by atoms with Gasteiger partial charge in [-0.05, 0) is 35.9 Å². The number of nitro groups is 1. The molecule has 0 saturated carbocycles. The van der Waals surface area contributed by atoms with Crippen LogP contribution >= 0.6 is 0 Å². The fraction of sp³-hybridized carbons (Fsp3) is 0.111. The van der Waals surface area contributed by atoms with Crippen LogP contribution in [0.1, 0.15) is 23.3 Å². The summed E-state index contributed by atoms with van der Waals surface area (Å²) in [4.78, 5) is 33.7. The predicted molar refractivity (Wildman–Crippen MR) is 90.7 cm³/mol. The molecule has 0 bridgehead atoms. The minimum absolute atomic E-state index is 0.0359. The van der Waals surface area contributed by atoms with Gasteiger partial charge in [0.25, 0.3) is 5.69 Å². The molecule has 0 spiro atoms. The number of nitrogens with zero attached hydrogens (tertiary/aromatic N) is 2. The van der Waals surface area contributed by atoms with Crippen LogP contribution in [-0.4, -0.2) is 26.2 Å². The number of aliphatic carboxylic acids is 1. The fourth-order valence-corrected chi connectivity index (χ4v) is 2.73. The Kier molecular flexibility index (Phi) is 4.30. The van der Waals surface area contributed by atoms with Crippen molar-refractivity contribution >= 4 is 23.0 Å². The van der Waals surface area contributed by atoms with Gasteiger partial charge in [-0.1, -0.05) is 6.07 Å². The van der Waals surface area contributed by atoms with Crippen molar-refractivity contribution in [3.05, 3.63) is 70.5 Å². The maximum absolute atomic E-state index is 12.6. The van der Waals surface area contributed by atoms with Gasteiger partial charge in [-0.3, -0.25) is 19.7 Å². The number of hydrogen-bond acceptors (Lipinski definition) is 4. The van der Waals surface area contributed by atoms with Crippen molar-refractivity contribution in [2.24, 2.45) is 0 Å². The molecule has 3 aromatic rings. The summed E-state index contributed by atoms with van der Waals surface area (Å²) in [5.41, 5.74) is 2.41. The molecule has 2 heterocycles. The molecule has 1 aromatic carbocycles. The number of rotatable bonds is 6. The van der Waals surface area contributed by atoms with Gasteiger partial charge >= 0.3 is 5.97 Å². The van der Waals surface area contributed by atoms with Gasteiger partial charge < -0.3 is 9.51 Å². The van der Waals surface area contributed by atoms with Crippen LogP contribution in [0.4, 0.5) is 5.69 Å². The van der Waals surface area contributed by atoms with E-state index >= 15 is 0 Å². The van der Waals surface area contributed by atoms with Gasteiger partial charge in [-0.25, -0.2) is 0 Å². The fourth-order valence-electron chi connectivity index (χ4n) is 2.73. The van der Waals surface area contributed by atoms with Crippen LogP contribution in [0.25, 0.3) is 16.6 Å². The van der Waals surface area contributed by atoms with Crippen LogP contribution in [0.2, 0.25) is 0 Å². The molecule has 0 saturated heterocycles. The summed E-state index contributed by atoms with van der Waals surface area (Å²) in [6.07, 6.45) is 1.37. The van der Waals surface area contributed by atoms with Gasteiger partial charge in [0.15, 0.2) is 5.78 Å².